The molecule has 15 heteroatoms. The average Bonchev–Trinajstić information content (AvgIpc) is 3.53. The van der Waals surface area contributed by atoms with Crippen LogP contribution in [-0.2, 0) is 20.0 Å². The van der Waals surface area contributed by atoms with Crippen LogP contribution in [0.3, 0.4) is 0 Å². The zero-order chi connectivity index (χ0) is 23.2. The molecule has 1 unspecified atom stereocenters. The molecule has 0 saturated carbocycles. The summed E-state index contributed by atoms with van der Waals surface area (Å²) in [5, 5.41) is 22.2. The van der Waals surface area contributed by atoms with E-state index in [1.54, 1.807) is 24.5 Å². The van der Waals surface area contributed by atoms with Crippen LogP contribution in [0.25, 0.3) is 33.5 Å². The molecule has 5 rings (SSSR count). The van der Waals surface area contributed by atoms with E-state index >= 15 is 0 Å². The second kappa shape index (κ2) is 7.96. The third kappa shape index (κ3) is 4.00. The molecule has 1 aliphatic rings. The van der Waals surface area contributed by atoms with E-state index < -0.39 is 29.8 Å². The van der Waals surface area contributed by atoms with Crippen molar-refractivity contribution in [2.75, 3.05) is 13.1 Å². The van der Waals surface area contributed by atoms with Crippen molar-refractivity contribution in [2.45, 2.75) is 22.3 Å². The number of H-pyrrole nitrogens is 2. The molecular formula is C18H19N9O4S2. The molecule has 1 saturated heterocycles. The lowest BCUT2D eigenvalue weighted by atomic mass is 10.00. The molecule has 4 heterocycles. The molecule has 1 atom stereocenters. The van der Waals surface area contributed by atoms with Gasteiger partial charge < -0.3 is 10.3 Å². The van der Waals surface area contributed by atoms with E-state index in [-0.39, 0.29) is 17.4 Å². The summed E-state index contributed by atoms with van der Waals surface area (Å²) >= 11 is 0. The fraction of sp³-hybridized carbons (Fsp3) is 0.222. The summed E-state index contributed by atoms with van der Waals surface area (Å²) in [7, 11) is -8.81. The van der Waals surface area contributed by atoms with Crippen LogP contribution in [0.4, 0.5) is 0 Å². The van der Waals surface area contributed by atoms with Gasteiger partial charge in [-0.2, -0.15) is 5.21 Å². The van der Waals surface area contributed by atoms with Gasteiger partial charge in [0.1, 0.15) is 9.79 Å². The van der Waals surface area contributed by atoms with Crippen LogP contribution in [0.5, 0.6) is 0 Å². The van der Waals surface area contributed by atoms with Crippen LogP contribution in [-0.4, -0.2) is 66.6 Å². The summed E-state index contributed by atoms with van der Waals surface area (Å²) in [6, 6.07) is 5.85. The monoisotopic (exact) mass is 489 g/mol. The topological polar surface area (TPSA) is 202 Å². The molecule has 0 radical (unpaired) electrons. The zero-order valence-corrected chi connectivity index (χ0v) is 18.6. The molecule has 4 aromatic rings. The normalized spacial score (nSPS) is 17.1. The fourth-order valence-corrected chi connectivity index (χ4v) is 6.78. The Morgan fingerprint density at radius 3 is 2.70 bits per heavy atom. The zero-order valence-electron chi connectivity index (χ0n) is 17.0. The largest absolute Gasteiger partial charge is 0.360 e. The maximum absolute atomic E-state index is 13.2. The van der Waals surface area contributed by atoms with Crippen molar-refractivity contribution < 1.29 is 16.8 Å². The summed E-state index contributed by atoms with van der Waals surface area (Å²) < 4.78 is 54.5. The van der Waals surface area contributed by atoms with E-state index in [2.05, 4.69) is 40.6 Å². The first-order valence-corrected chi connectivity index (χ1v) is 12.9. The number of sulfonamides is 2. The van der Waals surface area contributed by atoms with Crippen molar-refractivity contribution >= 4 is 31.1 Å². The number of pyridine rings is 1. The lowest BCUT2D eigenvalue weighted by Gasteiger charge is -2.18. The molecule has 1 aliphatic heterocycles. The fourth-order valence-electron chi connectivity index (χ4n) is 3.91. The molecule has 0 amide bonds. The Labute approximate surface area is 188 Å². The molecule has 6 N–H and O–H groups in total. The minimum absolute atomic E-state index is 0.0913. The summed E-state index contributed by atoms with van der Waals surface area (Å²) in [6.07, 6.45) is 3.83. The molecule has 0 bridgehead atoms. The molecule has 0 spiro atoms. The highest BCUT2D eigenvalue weighted by Gasteiger charge is 2.33. The number of fused-ring (bicyclic) bond motifs is 1. The van der Waals surface area contributed by atoms with Gasteiger partial charge in [0.2, 0.25) is 25.9 Å². The van der Waals surface area contributed by atoms with Crippen molar-refractivity contribution in [3.63, 3.8) is 0 Å². The lowest BCUT2D eigenvalue weighted by molar-refractivity contribution is 0.555. The second-order valence-electron chi connectivity index (χ2n) is 7.54. The van der Waals surface area contributed by atoms with Gasteiger partial charge in [-0.15, -0.1) is 10.2 Å². The third-order valence-corrected chi connectivity index (χ3v) is 8.04. The van der Waals surface area contributed by atoms with Gasteiger partial charge >= 0.3 is 0 Å². The van der Waals surface area contributed by atoms with Crippen molar-refractivity contribution in [3.8, 4) is 22.5 Å². The number of benzene rings is 1. The summed E-state index contributed by atoms with van der Waals surface area (Å²) in [5.41, 5.74) is 2.15. The van der Waals surface area contributed by atoms with Crippen molar-refractivity contribution in [3.05, 3.63) is 36.7 Å². The van der Waals surface area contributed by atoms with Crippen LogP contribution in [0, 0.1) is 0 Å². The van der Waals surface area contributed by atoms with Crippen LogP contribution in [0.1, 0.15) is 6.42 Å². The number of rotatable bonds is 6. The average molecular weight is 490 g/mol. The highest BCUT2D eigenvalue weighted by Crippen LogP contribution is 2.39. The SMILES string of the molecule is NS(=O)(=O)c1c(S(=O)(=O)NC2CCNC2)ccc(-c2cnc3cc[nH]c3c2)c1-c1nn[nH]n1. The van der Waals surface area contributed by atoms with Crippen LogP contribution >= 0.6 is 0 Å². The highest BCUT2D eigenvalue weighted by molar-refractivity contribution is 7.92. The Kier molecular flexibility index (Phi) is 5.21. The molecule has 33 heavy (non-hydrogen) atoms. The van der Waals surface area contributed by atoms with Crippen molar-refractivity contribution in [1.82, 2.24) is 40.6 Å². The van der Waals surface area contributed by atoms with Gasteiger partial charge in [0, 0.05) is 30.5 Å². The van der Waals surface area contributed by atoms with E-state index in [0.29, 0.717) is 41.7 Å². The smallest absolute Gasteiger partial charge is 0.242 e. The predicted molar refractivity (Wildman–Crippen MR) is 118 cm³/mol. The number of aromatic nitrogens is 6. The molecule has 13 nitrogen and oxygen atoms in total. The number of hydrogen-bond donors (Lipinski definition) is 5. The van der Waals surface area contributed by atoms with Crippen molar-refractivity contribution in [1.29, 1.82) is 0 Å². The lowest BCUT2D eigenvalue weighted by Crippen LogP contribution is -2.37. The highest BCUT2D eigenvalue weighted by atomic mass is 32.2. The first kappa shape index (κ1) is 21.6. The molecule has 3 aromatic heterocycles. The van der Waals surface area contributed by atoms with Crippen LogP contribution in [0.2, 0.25) is 0 Å². The number of nitrogens with one attached hydrogen (secondary N) is 4. The quantitative estimate of drug-likeness (QED) is 0.241. The first-order valence-electron chi connectivity index (χ1n) is 9.84. The predicted octanol–water partition coefficient (Wildman–Crippen LogP) is -0.302. The Hall–Kier alpha value is -3.24. The molecule has 0 aliphatic carbocycles. The molecule has 1 fully saturated rings. The standard InChI is InChI=1S/C18H19N9O4S2/c19-32(28,29)17-15(33(30,31)25-11-3-5-20-9-11)2-1-12(16(17)18-23-26-27-24-18)10-7-14-13(22-8-10)4-6-21-14/h1-2,4,6-8,11,20-21,25H,3,5,9H2,(H2,19,28,29)(H,23,24,26,27). The van der Waals surface area contributed by atoms with Gasteiger partial charge in [-0.3, -0.25) is 4.98 Å². The number of primary sulfonamides is 1. The van der Waals surface area contributed by atoms with Gasteiger partial charge in [0.15, 0.2) is 0 Å². The minimum atomic E-state index is -4.55. The Morgan fingerprint density at radius 2 is 2.00 bits per heavy atom. The van der Waals surface area contributed by atoms with Crippen LogP contribution in [0.15, 0.2) is 46.5 Å². The molecule has 1 aromatic carbocycles. The van der Waals surface area contributed by atoms with Gasteiger partial charge in [0.25, 0.3) is 0 Å². The van der Waals surface area contributed by atoms with E-state index in [1.807, 2.05) is 0 Å². The van der Waals surface area contributed by atoms with Gasteiger partial charge in [-0.25, -0.2) is 26.7 Å². The van der Waals surface area contributed by atoms with E-state index in [1.165, 1.54) is 12.1 Å². The van der Waals surface area contributed by atoms with E-state index in [4.69, 9.17) is 5.14 Å². The van der Waals surface area contributed by atoms with Gasteiger partial charge in [-0.05, 0) is 41.9 Å². The van der Waals surface area contributed by atoms with Crippen LogP contribution < -0.4 is 15.2 Å². The minimum Gasteiger partial charge on any atom is -0.360 e. The van der Waals surface area contributed by atoms with Gasteiger partial charge in [0.05, 0.1) is 16.6 Å². The molecule has 172 valence electrons. The van der Waals surface area contributed by atoms with Crippen molar-refractivity contribution in [2.24, 2.45) is 5.14 Å². The number of aromatic amines is 2. The Balaban J connectivity index is 1.78. The Morgan fingerprint density at radius 1 is 1.15 bits per heavy atom. The summed E-state index contributed by atoms with van der Waals surface area (Å²) in [6.45, 7) is 1.08. The first-order chi connectivity index (χ1) is 15.7. The van der Waals surface area contributed by atoms with Gasteiger partial charge in [-0.1, -0.05) is 6.07 Å². The second-order valence-corrected chi connectivity index (χ2v) is 10.7. The summed E-state index contributed by atoms with van der Waals surface area (Å²) in [4.78, 5) is 6.29. The maximum Gasteiger partial charge on any atom is 0.242 e. The number of nitrogens with two attached hydrogens (primary N) is 1. The number of tetrazole rings is 1. The summed E-state index contributed by atoms with van der Waals surface area (Å²) in [5.74, 6) is -0.125. The van der Waals surface area contributed by atoms with E-state index in [9.17, 15) is 16.8 Å². The van der Waals surface area contributed by atoms with E-state index in [0.717, 1.165) is 0 Å². The maximum atomic E-state index is 13.2. The Bertz CT molecular complexity index is 1540. The number of hydrogen-bond acceptors (Lipinski definition) is 9. The molecular weight excluding hydrogens is 470 g/mol. The number of nitrogens with zero attached hydrogens (tertiary/aromatic N) is 4. The third-order valence-electron chi connectivity index (χ3n) is 5.36.